The van der Waals surface area contributed by atoms with Crippen molar-refractivity contribution in [3.05, 3.63) is 56.7 Å². The van der Waals surface area contributed by atoms with E-state index in [2.05, 4.69) is 0 Å². The predicted molar refractivity (Wildman–Crippen MR) is 119 cm³/mol. The molecule has 2 N–H and O–H groups in total. The number of fused-ring (bicyclic) bond motifs is 1. The van der Waals surface area contributed by atoms with Crippen LogP contribution in [0.3, 0.4) is 0 Å². The zero-order valence-corrected chi connectivity index (χ0v) is 19.3. The van der Waals surface area contributed by atoms with Crippen molar-refractivity contribution in [2.24, 2.45) is 17.1 Å². The second kappa shape index (κ2) is 8.40. The summed E-state index contributed by atoms with van der Waals surface area (Å²) in [5, 5.41) is 30.5. The molecule has 1 aromatic rings. The Balaban J connectivity index is 2.24. The first-order chi connectivity index (χ1) is 15.0. The summed E-state index contributed by atoms with van der Waals surface area (Å²) in [6.45, 7) is 5.59. The van der Waals surface area contributed by atoms with Crippen LogP contribution in [-0.4, -0.2) is 29.7 Å². The first kappa shape index (κ1) is 23.5. The summed E-state index contributed by atoms with van der Waals surface area (Å²) in [4.78, 5) is 14.2. The average molecular weight is 470 g/mol. The van der Waals surface area contributed by atoms with E-state index in [1.807, 2.05) is 18.2 Å². The van der Waals surface area contributed by atoms with Crippen molar-refractivity contribution in [3.63, 3.8) is 0 Å². The van der Waals surface area contributed by atoms with Gasteiger partial charge in [-0.05, 0) is 38.0 Å². The quantitative estimate of drug-likeness (QED) is 0.636. The minimum atomic E-state index is -1.88. The Hall–Kier alpha value is -3.18. The van der Waals surface area contributed by atoms with Crippen LogP contribution in [0.5, 0.6) is 0 Å². The highest BCUT2D eigenvalue weighted by Gasteiger charge is 2.55. The van der Waals surface area contributed by atoms with E-state index in [0.29, 0.717) is 11.1 Å². The molecule has 2 atom stereocenters. The molecular weight excluding hydrogens is 449 g/mol. The van der Waals surface area contributed by atoms with Gasteiger partial charge in [-0.1, -0.05) is 41.4 Å². The van der Waals surface area contributed by atoms with Gasteiger partial charge in [0.15, 0.2) is 5.41 Å². The molecule has 7 nitrogen and oxygen atoms in total. The van der Waals surface area contributed by atoms with Crippen molar-refractivity contribution >= 4 is 29.3 Å². The van der Waals surface area contributed by atoms with E-state index in [9.17, 15) is 20.6 Å². The molecule has 1 aliphatic heterocycles. The highest BCUT2D eigenvalue weighted by molar-refractivity contribution is 6.42. The minimum Gasteiger partial charge on any atom is -0.444 e. The molecule has 9 heteroatoms. The number of halogens is 2. The summed E-state index contributed by atoms with van der Waals surface area (Å²) >= 11 is 12.7. The predicted octanol–water partition coefficient (Wildman–Crippen LogP) is 4.65. The maximum absolute atomic E-state index is 12.8. The van der Waals surface area contributed by atoms with Gasteiger partial charge in [-0.15, -0.1) is 0 Å². The molecule has 0 saturated heterocycles. The third kappa shape index (κ3) is 3.78. The van der Waals surface area contributed by atoms with Crippen LogP contribution in [0.2, 0.25) is 10.0 Å². The van der Waals surface area contributed by atoms with E-state index in [1.54, 1.807) is 45.0 Å². The van der Waals surface area contributed by atoms with Crippen LogP contribution in [0, 0.1) is 45.3 Å². The van der Waals surface area contributed by atoms with Gasteiger partial charge in [0, 0.05) is 24.9 Å². The Bertz CT molecular complexity index is 1150. The zero-order valence-electron chi connectivity index (χ0n) is 17.8. The molecule has 164 valence electrons. The van der Waals surface area contributed by atoms with Crippen LogP contribution in [0.15, 0.2) is 41.1 Å². The van der Waals surface area contributed by atoms with Gasteiger partial charge in [-0.3, -0.25) is 0 Å². The molecule has 1 amide bonds. The van der Waals surface area contributed by atoms with Crippen molar-refractivity contribution in [2.75, 3.05) is 13.1 Å². The van der Waals surface area contributed by atoms with Crippen LogP contribution in [0.4, 0.5) is 4.79 Å². The zero-order chi connectivity index (χ0) is 23.8. The Kier molecular flexibility index (Phi) is 6.16. The van der Waals surface area contributed by atoms with Crippen LogP contribution >= 0.6 is 23.2 Å². The lowest BCUT2D eigenvalue weighted by atomic mass is 9.58. The summed E-state index contributed by atoms with van der Waals surface area (Å²) in [5.74, 6) is -1.47. The van der Waals surface area contributed by atoms with Gasteiger partial charge < -0.3 is 15.4 Å². The van der Waals surface area contributed by atoms with Crippen molar-refractivity contribution in [1.82, 2.24) is 4.90 Å². The molecular formula is C23H21Cl2N5O2. The normalized spacial score (nSPS) is 22.1. The number of ether oxygens (including phenoxy) is 1. The topological polar surface area (TPSA) is 127 Å². The number of allylic oxidation sites excluding steroid dienone is 2. The number of carbonyl (C=O) groups is 1. The summed E-state index contributed by atoms with van der Waals surface area (Å²) < 4.78 is 5.50. The minimum absolute atomic E-state index is 0.0799. The summed E-state index contributed by atoms with van der Waals surface area (Å²) in [6.07, 6.45) is 1.18. The standard InChI is InChI=1S/C23H21Cl2N5O2/c1-22(2,3)32-21(31)30-8-7-13-15(9-26)20(29)23(11-27,12-28)18(16(13)10-30)14-5-4-6-17(24)19(14)25/h4-7,16,18H,8,10,29H2,1-3H3/t16-,18+/m0/s1. The smallest absolute Gasteiger partial charge is 0.410 e. The van der Waals surface area contributed by atoms with Gasteiger partial charge in [-0.25, -0.2) is 4.79 Å². The first-order valence-electron chi connectivity index (χ1n) is 9.85. The fraction of sp³-hybridized carbons (Fsp3) is 0.391. The summed E-state index contributed by atoms with van der Waals surface area (Å²) in [6, 6.07) is 11.1. The fourth-order valence-electron chi connectivity index (χ4n) is 4.26. The molecule has 1 heterocycles. The van der Waals surface area contributed by atoms with E-state index in [0.717, 1.165) is 0 Å². The van der Waals surface area contributed by atoms with E-state index < -0.39 is 28.9 Å². The monoisotopic (exact) mass is 469 g/mol. The largest absolute Gasteiger partial charge is 0.444 e. The fourth-order valence-corrected chi connectivity index (χ4v) is 4.69. The Labute approximate surface area is 196 Å². The van der Waals surface area contributed by atoms with Crippen LogP contribution in [-0.2, 0) is 4.74 Å². The molecule has 0 aromatic heterocycles. The van der Waals surface area contributed by atoms with Crippen LogP contribution < -0.4 is 5.73 Å². The molecule has 0 radical (unpaired) electrons. The van der Waals surface area contributed by atoms with Crippen molar-refractivity contribution in [1.29, 1.82) is 15.8 Å². The molecule has 0 bridgehead atoms. The Morgan fingerprint density at radius 3 is 2.47 bits per heavy atom. The van der Waals surface area contributed by atoms with Crippen molar-refractivity contribution in [2.45, 2.75) is 32.3 Å². The number of nitriles is 3. The van der Waals surface area contributed by atoms with E-state index >= 15 is 0 Å². The summed E-state index contributed by atoms with van der Waals surface area (Å²) in [5.41, 5.74) is 4.68. The van der Waals surface area contributed by atoms with Crippen LogP contribution in [0.1, 0.15) is 32.3 Å². The molecule has 0 saturated carbocycles. The molecule has 0 fully saturated rings. The molecule has 1 aromatic carbocycles. The second-order valence-corrected chi connectivity index (χ2v) is 9.49. The molecule has 1 aliphatic carbocycles. The lowest BCUT2D eigenvalue weighted by molar-refractivity contribution is 0.0225. The third-order valence-corrected chi connectivity index (χ3v) is 6.47. The van der Waals surface area contributed by atoms with E-state index in [1.165, 1.54) is 4.90 Å². The molecule has 3 rings (SSSR count). The van der Waals surface area contributed by atoms with Crippen LogP contribution in [0.25, 0.3) is 0 Å². The molecule has 32 heavy (non-hydrogen) atoms. The average Bonchev–Trinajstić information content (AvgIpc) is 2.74. The maximum Gasteiger partial charge on any atom is 0.410 e. The number of hydrogen-bond donors (Lipinski definition) is 1. The Morgan fingerprint density at radius 2 is 1.91 bits per heavy atom. The number of carbonyl (C=O) groups excluding carboxylic acids is 1. The highest BCUT2D eigenvalue weighted by Crippen LogP contribution is 2.55. The second-order valence-electron chi connectivity index (χ2n) is 8.70. The number of nitrogens with two attached hydrogens (primary N) is 1. The first-order valence-corrected chi connectivity index (χ1v) is 10.6. The van der Waals surface area contributed by atoms with Crippen molar-refractivity contribution < 1.29 is 9.53 Å². The SMILES string of the molecule is CC(C)(C)OC(=O)N1CC=C2C(C#N)=C(N)C(C#N)(C#N)[C@H](c3cccc(Cl)c3Cl)[C@H]2C1. The number of amides is 1. The van der Waals surface area contributed by atoms with Crippen molar-refractivity contribution in [3.8, 4) is 18.2 Å². The van der Waals surface area contributed by atoms with Gasteiger partial charge in [0.2, 0.25) is 0 Å². The number of hydrogen-bond acceptors (Lipinski definition) is 6. The van der Waals surface area contributed by atoms with E-state index in [4.69, 9.17) is 33.7 Å². The maximum atomic E-state index is 12.8. The molecule has 0 unspecified atom stereocenters. The highest BCUT2D eigenvalue weighted by atomic mass is 35.5. The van der Waals surface area contributed by atoms with Gasteiger partial charge in [0.05, 0.1) is 33.5 Å². The number of nitrogens with zero attached hydrogens (tertiary/aromatic N) is 4. The molecule has 2 aliphatic rings. The number of rotatable bonds is 1. The third-order valence-electron chi connectivity index (χ3n) is 5.63. The van der Waals surface area contributed by atoms with Gasteiger partial charge in [0.25, 0.3) is 0 Å². The molecule has 0 spiro atoms. The van der Waals surface area contributed by atoms with Gasteiger partial charge in [-0.2, -0.15) is 15.8 Å². The lowest BCUT2D eigenvalue weighted by Gasteiger charge is -2.45. The lowest BCUT2D eigenvalue weighted by Crippen LogP contribution is -2.50. The van der Waals surface area contributed by atoms with Gasteiger partial charge >= 0.3 is 6.09 Å². The van der Waals surface area contributed by atoms with E-state index in [-0.39, 0.29) is 34.4 Å². The van der Waals surface area contributed by atoms with Gasteiger partial charge in [0.1, 0.15) is 11.7 Å². The number of benzene rings is 1. The summed E-state index contributed by atoms with van der Waals surface area (Å²) in [7, 11) is 0. The Morgan fingerprint density at radius 1 is 1.25 bits per heavy atom.